The highest BCUT2D eigenvalue weighted by molar-refractivity contribution is 6.30. The number of ketones is 1. The van der Waals surface area contributed by atoms with Gasteiger partial charge in [-0.2, -0.15) is 0 Å². The highest BCUT2D eigenvalue weighted by Gasteiger charge is 2.34. The molecule has 4 rings (SSSR count). The first-order chi connectivity index (χ1) is 18.8. The van der Waals surface area contributed by atoms with E-state index >= 15 is 0 Å². The Labute approximate surface area is 236 Å². The zero-order valence-electron chi connectivity index (χ0n) is 22.6. The molecule has 1 aliphatic rings. The zero-order chi connectivity index (χ0) is 29.2. The molecule has 11 heteroatoms. The number of nitrogens with zero attached hydrogens (tertiary/aromatic N) is 2. The number of nitrogens with two attached hydrogens (primary N) is 1. The molecule has 9 nitrogen and oxygen atoms in total. The van der Waals surface area contributed by atoms with E-state index in [4.69, 9.17) is 22.1 Å². The molecule has 1 fully saturated rings. The summed E-state index contributed by atoms with van der Waals surface area (Å²) in [6, 6.07) is 10.0. The van der Waals surface area contributed by atoms with Crippen molar-refractivity contribution in [1.82, 2.24) is 14.8 Å². The van der Waals surface area contributed by atoms with Crippen molar-refractivity contribution in [1.29, 1.82) is 0 Å². The first-order valence-electron chi connectivity index (χ1n) is 12.9. The Hall–Kier alpha value is -3.92. The molecule has 1 aromatic heterocycles. The molecule has 3 N–H and O–H groups in total. The van der Waals surface area contributed by atoms with Crippen LogP contribution in [-0.2, 0) is 33.8 Å². The molecule has 1 heterocycles. The predicted molar refractivity (Wildman–Crippen MR) is 148 cm³/mol. The van der Waals surface area contributed by atoms with Gasteiger partial charge in [0.2, 0.25) is 11.8 Å². The Balaban J connectivity index is 1.49. The Kier molecular flexibility index (Phi) is 8.48. The smallest absolute Gasteiger partial charge is 0.405 e. The van der Waals surface area contributed by atoms with Crippen LogP contribution in [0.1, 0.15) is 55.1 Å². The number of aromatic nitrogens is 1. The van der Waals surface area contributed by atoms with Crippen LogP contribution in [0, 0.1) is 5.82 Å². The number of amides is 3. The molecule has 0 saturated heterocycles. The van der Waals surface area contributed by atoms with Crippen LogP contribution in [0.3, 0.4) is 0 Å². The fraction of sp³-hybridized carbons (Fsp3) is 0.379. The lowest BCUT2D eigenvalue weighted by atomic mass is 9.96. The third kappa shape index (κ3) is 6.98. The zero-order valence-corrected chi connectivity index (χ0v) is 23.4. The van der Waals surface area contributed by atoms with Crippen LogP contribution in [0.25, 0.3) is 10.9 Å². The Morgan fingerprint density at radius 2 is 1.93 bits per heavy atom. The van der Waals surface area contributed by atoms with E-state index in [1.54, 1.807) is 30.7 Å². The first kappa shape index (κ1) is 29.1. The number of rotatable bonds is 11. The van der Waals surface area contributed by atoms with Crippen LogP contribution in [0.2, 0.25) is 5.02 Å². The van der Waals surface area contributed by atoms with Crippen molar-refractivity contribution in [2.75, 3.05) is 6.54 Å². The van der Waals surface area contributed by atoms with Crippen molar-refractivity contribution in [3.8, 4) is 0 Å². The Morgan fingerprint density at radius 1 is 1.20 bits per heavy atom. The van der Waals surface area contributed by atoms with Crippen LogP contribution in [0.5, 0.6) is 0 Å². The van der Waals surface area contributed by atoms with Crippen LogP contribution >= 0.6 is 11.6 Å². The van der Waals surface area contributed by atoms with Crippen molar-refractivity contribution < 1.29 is 28.3 Å². The second-order valence-electron chi connectivity index (χ2n) is 10.7. The highest BCUT2D eigenvalue weighted by atomic mass is 35.5. The van der Waals surface area contributed by atoms with Gasteiger partial charge in [0, 0.05) is 47.2 Å². The maximum atomic E-state index is 14.2. The molecular weight excluding hydrogens is 539 g/mol. The van der Waals surface area contributed by atoms with E-state index in [-0.39, 0.29) is 48.0 Å². The number of primary amides is 1. The maximum absolute atomic E-state index is 14.2. The van der Waals surface area contributed by atoms with Crippen molar-refractivity contribution in [2.24, 2.45) is 5.73 Å². The maximum Gasteiger partial charge on any atom is 0.405 e. The normalized spacial score (nSPS) is 13.2. The molecule has 3 amide bonds. The summed E-state index contributed by atoms with van der Waals surface area (Å²) in [5.74, 6) is -1.43. The topological polar surface area (TPSA) is 124 Å². The molecule has 212 valence electrons. The van der Waals surface area contributed by atoms with E-state index in [9.17, 15) is 23.6 Å². The lowest BCUT2D eigenvalue weighted by molar-refractivity contribution is -0.137. The molecule has 1 saturated carbocycles. The number of ether oxygens (including phenoxy) is 1. The van der Waals surface area contributed by atoms with Crippen molar-refractivity contribution in [2.45, 2.75) is 64.8 Å². The molecule has 0 atom stereocenters. The summed E-state index contributed by atoms with van der Waals surface area (Å²) >= 11 is 5.81. The van der Waals surface area contributed by atoms with Crippen LogP contribution in [-0.4, -0.2) is 51.3 Å². The minimum atomic E-state index is -0.870. The highest BCUT2D eigenvalue weighted by Crippen LogP contribution is 2.29. The van der Waals surface area contributed by atoms with Crippen molar-refractivity contribution in [3.63, 3.8) is 0 Å². The van der Waals surface area contributed by atoms with Gasteiger partial charge < -0.3 is 25.3 Å². The largest absolute Gasteiger partial charge is 0.443 e. The summed E-state index contributed by atoms with van der Waals surface area (Å²) in [6.45, 7) is 4.66. The quantitative estimate of drug-likeness (QED) is 0.332. The number of Topliss-reactive ketones (excluding diaryl/α,β-unsaturated/α-hetero) is 1. The van der Waals surface area contributed by atoms with E-state index < -0.39 is 23.4 Å². The fourth-order valence-corrected chi connectivity index (χ4v) is 4.99. The molecular formula is C29H32ClFN4O5. The van der Waals surface area contributed by atoms with Gasteiger partial charge in [-0.15, -0.1) is 0 Å². The lowest BCUT2D eigenvalue weighted by Gasteiger charge is -2.24. The first-order valence-corrected chi connectivity index (χ1v) is 13.3. The molecule has 40 heavy (non-hydrogen) atoms. The molecule has 0 aliphatic heterocycles. The summed E-state index contributed by atoms with van der Waals surface area (Å²) < 4.78 is 21.1. The molecule has 0 radical (unpaired) electrons. The minimum absolute atomic E-state index is 0.0276. The number of nitrogens with one attached hydrogen (secondary N) is 1. The second-order valence-corrected chi connectivity index (χ2v) is 11.1. The standard InChI is InChI=1S/C29H32ClFN4O5/c1-17(36)22-14-34(24-10-7-18(11-21(22)24)12-29(2,3)40-28(32)39)16-26(38)35(20-8-9-20)15-25(37)33-13-19-5-4-6-23(30)27(19)31/h4-7,10-11,14,20H,8-9,12-13,15-16H2,1-3H3,(H2,32,39)(H,33,37). The number of hydrogen-bond acceptors (Lipinski definition) is 5. The molecule has 2 aromatic carbocycles. The molecule has 0 unspecified atom stereocenters. The summed E-state index contributed by atoms with van der Waals surface area (Å²) in [5.41, 5.74) is 6.56. The minimum Gasteiger partial charge on any atom is -0.443 e. The van der Waals surface area contributed by atoms with Gasteiger partial charge in [0.1, 0.15) is 18.0 Å². The summed E-state index contributed by atoms with van der Waals surface area (Å²) in [5, 5.41) is 3.31. The third-order valence-corrected chi connectivity index (χ3v) is 7.06. The van der Waals surface area contributed by atoms with Gasteiger partial charge in [0.15, 0.2) is 5.78 Å². The second kappa shape index (κ2) is 11.7. The Morgan fingerprint density at radius 3 is 2.58 bits per heavy atom. The Bertz CT molecular complexity index is 1480. The lowest BCUT2D eigenvalue weighted by Crippen LogP contribution is -2.43. The van der Waals surface area contributed by atoms with E-state index in [1.165, 1.54) is 24.0 Å². The number of benzene rings is 2. The predicted octanol–water partition coefficient (Wildman–Crippen LogP) is 4.36. The van der Waals surface area contributed by atoms with Crippen molar-refractivity contribution in [3.05, 3.63) is 70.1 Å². The average molecular weight is 571 g/mol. The SMILES string of the molecule is CC(=O)c1cn(CC(=O)N(CC(=O)NCc2cccc(Cl)c2F)C2CC2)c2ccc(CC(C)(C)OC(N)=O)cc12. The summed E-state index contributed by atoms with van der Waals surface area (Å²) in [6.07, 6.45) is 2.73. The molecule has 1 aliphatic carbocycles. The summed E-state index contributed by atoms with van der Waals surface area (Å²) in [7, 11) is 0. The van der Waals surface area contributed by atoms with Gasteiger partial charge in [0.25, 0.3) is 0 Å². The monoisotopic (exact) mass is 570 g/mol. The number of carbonyl (C=O) groups is 4. The van der Waals surface area contributed by atoms with Crippen molar-refractivity contribution >= 4 is 46.2 Å². The summed E-state index contributed by atoms with van der Waals surface area (Å²) in [4.78, 5) is 51.3. The van der Waals surface area contributed by atoms with Crippen LogP contribution in [0.4, 0.5) is 9.18 Å². The third-order valence-electron chi connectivity index (χ3n) is 6.77. The van der Waals surface area contributed by atoms with Crippen LogP contribution in [0.15, 0.2) is 42.6 Å². The number of fused-ring (bicyclic) bond motifs is 1. The van der Waals surface area contributed by atoms with E-state index in [2.05, 4.69) is 5.32 Å². The van der Waals surface area contributed by atoms with E-state index in [0.29, 0.717) is 22.9 Å². The fourth-order valence-electron chi connectivity index (χ4n) is 4.80. The molecule has 0 spiro atoms. The number of halogens is 2. The number of hydrogen-bond donors (Lipinski definition) is 2. The van der Waals surface area contributed by atoms with Gasteiger partial charge in [0.05, 0.1) is 11.6 Å². The van der Waals surface area contributed by atoms with Gasteiger partial charge in [-0.05, 0) is 57.4 Å². The molecule has 3 aromatic rings. The van der Waals surface area contributed by atoms with Crippen LogP contribution < -0.4 is 11.1 Å². The van der Waals surface area contributed by atoms with Gasteiger partial charge in [-0.3, -0.25) is 14.4 Å². The number of carbonyl (C=O) groups excluding carboxylic acids is 4. The van der Waals surface area contributed by atoms with Gasteiger partial charge in [-0.25, -0.2) is 9.18 Å². The average Bonchev–Trinajstić information content (AvgIpc) is 3.64. The molecule has 0 bridgehead atoms. The van der Waals surface area contributed by atoms with Gasteiger partial charge in [-0.1, -0.05) is 29.8 Å². The van der Waals surface area contributed by atoms with E-state index in [1.807, 2.05) is 18.2 Å². The van der Waals surface area contributed by atoms with E-state index in [0.717, 1.165) is 18.4 Å². The van der Waals surface area contributed by atoms with Gasteiger partial charge >= 0.3 is 6.09 Å².